The summed E-state index contributed by atoms with van der Waals surface area (Å²) in [5.74, 6) is 28.2. The summed E-state index contributed by atoms with van der Waals surface area (Å²) in [6.45, 7) is 8.91. The summed E-state index contributed by atoms with van der Waals surface area (Å²) in [6.07, 6.45) is 21.7. The van der Waals surface area contributed by atoms with Crippen LogP contribution in [0.2, 0.25) is 0 Å². The zero-order chi connectivity index (χ0) is 49.5. The average Bonchev–Trinajstić information content (AvgIpc) is 4.28. The van der Waals surface area contributed by atoms with E-state index in [9.17, 15) is 0 Å². The Balaban J connectivity index is 1.28. The summed E-state index contributed by atoms with van der Waals surface area (Å²) in [7, 11) is 0. The van der Waals surface area contributed by atoms with Gasteiger partial charge in [0.2, 0.25) is 0 Å². The number of benzene rings is 4. The van der Waals surface area contributed by atoms with E-state index in [2.05, 4.69) is 206 Å². The molecule has 4 aromatic carbocycles. The van der Waals surface area contributed by atoms with E-state index in [0.717, 1.165) is 141 Å². The van der Waals surface area contributed by atoms with Gasteiger partial charge in [-0.15, -0.1) is 0 Å². The van der Waals surface area contributed by atoms with Crippen LogP contribution in [0, 0.1) is 47.4 Å². The minimum Gasteiger partial charge on any atom is -0.353 e. The highest BCUT2D eigenvalue weighted by Crippen LogP contribution is 2.27. The summed E-state index contributed by atoms with van der Waals surface area (Å²) < 4.78 is 0. The van der Waals surface area contributed by atoms with Crippen LogP contribution in [-0.4, -0.2) is 19.9 Å². The molecule has 0 unspecified atom stereocenters. The fourth-order valence-corrected chi connectivity index (χ4v) is 8.81. The molecule has 3 aromatic heterocycles. The number of H-pyrrole nitrogens is 2. The summed E-state index contributed by atoms with van der Waals surface area (Å²) >= 11 is 0. The molecule has 2 N–H and O–H groups in total. The van der Waals surface area contributed by atoms with E-state index in [4.69, 9.17) is 9.97 Å². The predicted octanol–water partition coefficient (Wildman–Crippen LogP) is 15.6. The van der Waals surface area contributed by atoms with Gasteiger partial charge in [0, 0.05) is 22.3 Å². The molecule has 0 atom stereocenters. The fourth-order valence-electron chi connectivity index (χ4n) is 8.81. The standard InChI is InChI=1S/C68H62N4/c1-5-9-13-49-17-25-53(26-18-49)33-37-57-61-41-43-63(69-61)58(38-34-54-27-19-50(20-28-54)14-10-6-2)65-45-47-67(71-65)60(40-36-56-31-23-52(24-32-56)16-12-8-4)68-48-46-66(72-68)59(64-44-42-62(57)70-64)39-35-55-29-21-51(22-30-55)15-11-7-3/h17-32,41-48,69-70H,5-16H2,1-4H3. The van der Waals surface area contributed by atoms with Crippen molar-refractivity contribution in [2.45, 2.75) is 105 Å². The van der Waals surface area contributed by atoms with Crippen LogP contribution in [0.3, 0.4) is 0 Å². The van der Waals surface area contributed by atoms with Gasteiger partial charge in [-0.25, -0.2) is 9.97 Å². The molecule has 4 nitrogen and oxygen atoms in total. The fraction of sp³-hybridized carbons (Fsp3) is 0.235. The zero-order valence-corrected chi connectivity index (χ0v) is 42.2. The number of aromatic amines is 2. The largest absolute Gasteiger partial charge is 0.353 e. The minimum atomic E-state index is 0.719. The molecule has 4 heteroatoms. The van der Waals surface area contributed by atoms with Crippen molar-refractivity contribution in [1.29, 1.82) is 0 Å². The maximum Gasteiger partial charge on any atom is 0.0816 e. The first kappa shape index (κ1) is 48.7. The van der Waals surface area contributed by atoms with Crippen molar-refractivity contribution in [1.82, 2.24) is 19.9 Å². The molecular weight excluding hydrogens is 873 g/mol. The van der Waals surface area contributed by atoms with E-state index in [0.29, 0.717) is 0 Å². The number of nitrogens with one attached hydrogen (secondary N) is 2. The monoisotopic (exact) mass is 934 g/mol. The number of rotatable bonds is 12. The lowest BCUT2D eigenvalue weighted by Crippen LogP contribution is -1.91. The predicted molar refractivity (Wildman–Crippen MR) is 303 cm³/mol. The Morgan fingerprint density at radius 1 is 0.292 bits per heavy atom. The van der Waals surface area contributed by atoms with Gasteiger partial charge in [-0.05, 0) is 171 Å². The number of aromatic nitrogens is 4. The minimum absolute atomic E-state index is 0.719. The van der Waals surface area contributed by atoms with Crippen LogP contribution in [0.15, 0.2) is 121 Å². The number of nitrogens with zero attached hydrogens (tertiary/aromatic N) is 2. The Hall–Kier alpha value is -8.28. The smallest absolute Gasteiger partial charge is 0.0816 e. The van der Waals surface area contributed by atoms with Gasteiger partial charge in [-0.1, -0.05) is 149 Å². The number of fused-ring (bicyclic) bond motifs is 8. The zero-order valence-electron chi connectivity index (χ0n) is 42.2. The van der Waals surface area contributed by atoms with Gasteiger partial charge >= 0.3 is 0 Å². The molecule has 9 rings (SSSR count). The molecule has 0 aliphatic carbocycles. The van der Waals surface area contributed by atoms with Crippen molar-refractivity contribution in [2.75, 3.05) is 0 Å². The van der Waals surface area contributed by atoms with Gasteiger partial charge in [-0.2, -0.15) is 0 Å². The number of aryl methyl sites for hydroxylation is 4. The second-order valence-corrected chi connectivity index (χ2v) is 18.7. The third kappa shape index (κ3) is 12.4. The summed E-state index contributed by atoms with van der Waals surface area (Å²) in [5.41, 5.74) is 18.4. The second kappa shape index (κ2) is 24.0. The average molecular weight is 935 g/mol. The van der Waals surface area contributed by atoms with Crippen LogP contribution in [-0.2, 0) is 25.7 Å². The lowest BCUT2D eigenvalue weighted by atomic mass is 10.1. The van der Waals surface area contributed by atoms with E-state index in [1.54, 1.807) is 0 Å². The topological polar surface area (TPSA) is 57.4 Å². The third-order valence-electron chi connectivity index (χ3n) is 13.2. The van der Waals surface area contributed by atoms with Crippen molar-refractivity contribution in [3.63, 3.8) is 0 Å². The maximum absolute atomic E-state index is 5.33. The molecule has 8 bridgehead atoms. The van der Waals surface area contributed by atoms with Crippen LogP contribution >= 0.6 is 0 Å². The van der Waals surface area contributed by atoms with Gasteiger partial charge in [-0.3, -0.25) is 0 Å². The van der Waals surface area contributed by atoms with Crippen molar-refractivity contribution < 1.29 is 0 Å². The molecule has 0 spiro atoms. The van der Waals surface area contributed by atoms with Gasteiger partial charge in [0.05, 0.1) is 67.1 Å². The highest BCUT2D eigenvalue weighted by atomic mass is 14.8. The molecular formula is C68H62N4. The Bertz CT molecular complexity index is 3380. The quantitative estimate of drug-likeness (QED) is 0.120. The lowest BCUT2D eigenvalue weighted by molar-refractivity contribution is 0.795. The molecule has 0 saturated carbocycles. The molecule has 2 aliphatic heterocycles. The second-order valence-electron chi connectivity index (χ2n) is 18.7. The van der Waals surface area contributed by atoms with Crippen molar-refractivity contribution in [3.05, 3.63) is 211 Å². The molecule has 0 amide bonds. The molecule has 7 aromatic rings. The number of hydrogen-bond acceptors (Lipinski definition) is 2. The van der Waals surface area contributed by atoms with E-state index in [1.165, 1.54) is 47.9 Å². The van der Waals surface area contributed by atoms with E-state index < -0.39 is 0 Å². The van der Waals surface area contributed by atoms with Gasteiger partial charge in [0.1, 0.15) is 0 Å². The first-order valence-electron chi connectivity index (χ1n) is 26.1. The first-order valence-corrected chi connectivity index (χ1v) is 26.1. The van der Waals surface area contributed by atoms with E-state index in [-0.39, 0.29) is 0 Å². The van der Waals surface area contributed by atoms with Gasteiger partial charge in [0.25, 0.3) is 0 Å². The van der Waals surface area contributed by atoms with Crippen LogP contribution < -0.4 is 0 Å². The SMILES string of the molecule is CCCCc1ccc(C#Cc2c3nc(c(C#Cc4ccc(CCCC)cc4)c4ccc([nH]4)c(C#Cc4ccc(CCCC)cc4)c4ccc([nH]4)c(C#Cc4ccc(CCCC)cc4)c4nc2C=C4)C=C3)cc1. The molecule has 72 heavy (non-hydrogen) atoms. The summed E-state index contributed by atoms with van der Waals surface area (Å²) in [4.78, 5) is 18.2. The highest BCUT2D eigenvalue weighted by molar-refractivity contribution is 5.88. The maximum atomic E-state index is 5.33. The number of unbranched alkanes of at least 4 members (excludes halogenated alkanes) is 4. The molecule has 2 aliphatic rings. The Morgan fingerprint density at radius 3 is 0.833 bits per heavy atom. The summed E-state index contributed by atoms with van der Waals surface area (Å²) in [6, 6.07) is 42.9. The van der Waals surface area contributed by atoms with Crippen LogP contribution in [0.4, 0.5) is 0 Å². The van der Waals surface area contributed by atoms with Gasteiger partial charge in [0.15, 0.2) is 0 Å². The molecule has 354 valence electrons. The normalized spacial score (nSPS) is 11.2. The first-order chi connectivity index (χ1) is 35.5. The third-order valence-corrected chi connectivity index (χ3v) is 13.2. The van der Waals surface area contributed by atoms with Crippen molar-refractivity contribution >= 4 is 46.4 Å². The Kier molecular flexibility index (Phi) is 16.3. The van der Waals surface area contributed by atoms with Crippen molar-refractivity contribution in [3.8, 4) is 47.4 Å². The van der Waals surface area contributed by atoms with Crippen LogP contribution in [0.5, 0.6) is 0 Å². The summed E-state index contributed by atoms with van der Waals surface area (Å²) in [5, 5.41) is 0. The number of hydrogen-bond donors (Lipinski definition) is 2. The molecule has 0 radical (unpaired) electrons. The Labute approximate surface area is 427 Å². The van der Waals surface area contributed by atoms with Crippen molar-refractivity contribution in [2.24, 2.45) is 0 Å². The Morgan fingerprint density at radius 2 is 0.542 bits per heavy atom. The van der Waals surface area contributed by atoms with Gasteiger partial charge < -0.3 is 9.97 Å². The highest BCUT2D eigenvalue weighted by Gasteiger charge is 2.16. The lowest BCUT2D eigenvalue weighted by Gasteiger charge is -2.00. The molecule has 0 fully saturated rings. The van der Waals surface area contributed by atoms with Crippen LogP contribution in [0.25, 0.3) is 46.4 Å². The van der Waals surface area contributed by atoms with E-state index >= 15 is 0 Å². The molecule has 5 heterocycles. The van der Waals surface area contributed by atoms with Crippen LogP contribution in [0.1, 0.15) is 169 Å². The molecule has 0 saturated heterocycles. The van der Waals surface area contributed by atoms with E-state index in [1.807, 2.05) is 24.3 Å².